The van der Waals surface area contributed by atoms with Gasteiger partial charge in [-0.15, -0.1) is 0 Å². The second-order valence-electron chi connectivity index (χ2n) is 5.81. The van der Waals surface area contributed by atoms with Crippen molar-refractivity contribution in [2.24, 2.45) is 5.92 Å². The molecule has 1 unspecified atom stereocenters. The maximum Gasteiger partial charge on any atom is 0.0406 e. The fourth-order valence-corrected chi connectivity index (χ4v) is 2.97. The van der Waals surface area contributed by atoms with Crippen LogP contribution in [0.4, 0.5) is 0 Å². The van der Waals surface area contributed by atoms with Gasteiger partial charge >= 0.3 is 0 Å². The molecule has 1 N–H and O–H groups in total. The Morgan fingerprint density at radius 1 is 0.857 bits per heavy atom. The number of rotatable bonds is 5. The Balaban J connectivity index is 1.76. The number of benzene rings is 2. The smallest absolute Gasteiger partial charge is 0.0406 e. The fraction of sp³-hybridized carbons (Fsp3) is 0.333. The van der Waals surface area contributed by atoms with Crippen LogP contribution in [0.15, 0.2) is 48.5 Å². The van der Waals surface area contributed by atoms with E-state index >= 15 is 0 Å². The van der Waals surface area contributed by atoms with Gasteiger partial charge in [0, 0.05) is 22.1 Å². The predicted molar refractivity (Wildman–Crippen MR) is 89.9 cm³/mol. The third-order valence-electron chi connectivity index (χ3n) is 4.12. The van der Waals surface area contributed by atoms with Crippen LogP contribution in [-0.2, 0) is 0 Å². The van der Waals surface area contributed by atoms with Crippen molar-refractivity contribution in [1.82, 2.24) is 5.32 Å². The molecule has 0 amide bonds. The van der Waals surface area contributed by atoms with E-state index in [4.69, 9.17) is 23.2 Å². The lowest BCUT2D eigenvalue weighted by Gasteiger charge is -2.24. The summed E-state index contributed by atoms with van der Waals surface area (Å²) in [6, 6.07) is 17.0. The molecule has 1 nitrogen and oxygen atoms in total. The first-order valence-corrected chi connectivity index (χ1v) is 8.16. The van der Waals surface area contributed by atoms with Gasteiger partial charge in [-0.2, -0.15) is 0 Å². The summed E-state index contributed by atoms with van der Waals surface area (Å²) in [5, 5.41) is 5.34. The van der Waals surface area contributed by atoms with E-state index in [0.717, 1.165) is 16.0 Å². The van der Waals surface area contributed by atoms with Gasteiger partial charge in [0.1, 0.15) is 0 Å². The van der Waals surface area contributed by atoms with E-state index in [1.165, 1.54) is 24.0 Å². The van der Waals surface area contributed by atoms with Crippen molar-refractivity contribution in [2.45, 2.75) is 31.8 Å². The molecular weight excluding hydrogens is 301 g/mol. The topological polar surface area (TPSA) is 12.0 Å². The molecule has 1 aliphatic rings. The summed E-state index contributed by atoms with van der Waals surface area (Å²) >= 11 is 12.0. The summed E-state index contributed by atoms with van der Waals surface area (Å²) in [6.07, 6.45) is 2.60. The highest BCUT2D eigenvalue weighted by Crippen LogP contribution is 2.42. The fourth-order valence-electron chi connectivity index (χ4n) is 2.72. The van der Waals surface area contributed by atoms with Gasteiger partial charge in [-0.1, -0.05) is 47.5 Å². The standard InChI is InChI=1S/C18H19Cl2N/c1-12(13-4-8-16(19)9-5-13)21-18(14-2-3-14)15-6-10-17(20)11-7-15/h4-12,14,18,21H,2-3H2,1H3/t12-,18?/m1/s1. The molecule has 0 spiro atoms. The molecule has 110 valence electrons. The van der Waals surface area contributed by atoms with E-state index in [1.807, 2.05) is 24.3 Å². The van der Waals surface area contributed by atoms with Gasteiger partial charge in [0.25, 0.3) is 0 Å². The highest BCUT2D eigenvalue weighted by Gasteiger charge is 2.33. The van der Waals surface area contributed by atoms with Crippen LogP contribution in [0.5, 0.6) is 0 Å². The summed E-state index contributed by atoms with van der Waals surface area (Å²) in [7, 11) is 0. The normalized spacial score (nSPS) is 17.5. The molecule has 2 atom stereocenters. The van der Waals surface area contributed by atoms with Gasteiger partial charge in [0.2, 0.25) is 0 Å². The molecule has 0 aliphatic heterocycles. The van der Waals surface area contributed by atoms with Crippen molar-refractivity contribution in [1.29, 1.82) is 0 Å². The zero-order valence-corrected chi connectivity index (χ0v) is 13.5. The van der Waals surface area contributed by atoms with Gasteiger partial charge in [-0.3, -0.25) is 0 Å². The molecule has 2 aromatic carbocycles. The van der Waals surface area contributed by atoms with Crippen molar-refractivity contribution in [3.8, 4) is 0 Å². The molecule has 21 heavy (non-hydrogen) atoms. The molecule has 0 aromatic heterocycles. The van der Waals surface area contributed by atoms with E-state index < -0.39 is 0 Å². The molecule has 0 heterocycles. The number of hydrogen-bond donors (Lipinski definition) is 1. The Kier molecular flexibility index (Phi) is 4.54. The van der Waals surface area contributed by atoms with Crippen molar-refractivity contribution in [3.63, 3.8) is 0 Å². The number of halogens is 2. The maximum absolute atomic E-state index is 6.00. The van der Waals surface area contributed by atoms with Gasteiger partial charge in [-0.25, -0.2) is 0 Å². The first kappa shape index (κ1) is 14.9. The highest BCUT2D eigenvalue weighted by atomic mass is 35.5. The summed E-state index contributed by atoms with van der Waals surface area (Å²) in [4.78, 5) is 0. The number of nitrogens with one attached hydrogen (secondary N) is 1. The van der Waals surface area contributed by atoms with Crippen molar-refractivity contribution < 1.29 is 0 Å². The molecule has 0 saturated heterocycles. The first-order chi connectivity index (χ1) is 10.1. The molecule has 3 heteroatoms. The Bertz CT molecular complexity index is 588. The molecule has 1 fully saturated rings. The molecule has 3 rings (SSSR count). The van der Waals surface area contributed by atoms with E-state index in [2.05, 4.69) is 36.5 Å². The van der Waals surface area contributed by atoms with Crippen LogP contribution in [0.25, 0.3) is 0 Å². The zero-order chi connectivity index (χ0) is 14.8. The summed E-state index contributed by atoms with van der Waals surface area (Å²) in [5.41, 5.74) is 2.58. The molecule has 2 aromatic rings. The molecule has 1 aliphatic carbocycles. The third-order valence-corrected chi connectivity index (χ3v) is 4.63. The Morgan fingerprint density at radius 2 is 1.33 bits per heavy atom. The van der Waals surface area contributed by atoms with Crippen LogP contribution in [0.2, 0.25) is 10.0 Å². The Morgan fingerprint density at radius 3 is 1.81 bits per heavy atom. The molecule has 0 radical (unpaired) electrons. The molecule has 0 bridgehead atoms. The second kappa shape index (κ2) is 6.39. The Hall–Kier alpha value is -1.02. The maximum atomic E-state index is 6.00. The largest absolute Gasteiger partial charge is 0.303 e. The first-order valence-electron chi connectivity index (χ1n) is 7.40. The minimum atomic E-state index is 0.295. The lowest BCUT2D eigenvalue weighted by atomic mass is 9.99. The van der Waals surface area contributed by atoms with Crippen molar-refractivity contribution in [2.75, 3.05) is 0 Å². The minimum Gasteiger partial charge on any atom is -0.303 e. The van der Waals surface area contributed by atoms with E-state index in [-0.39, 0.29) is 0 Å². The van der Waals surface area contributed by atoms with Gasteiger partial charge < -0.3 is 5.32 Å². The van der Waals surface area contributed by atoms with Crippen LogP contribution < -0.4 is 5.32 Å². The molecule has 1 saturated carbocycles. The molecular formula is C18H19Cl2N. The van der Waals surface area contributed by atoms with Gasteiger partial charge in [0.15, 0.2) is 0 Å². The van der Waals surface area contributed by atoms with Crippen molar-refractivity contribution in [3.05, 3.63) is 69.7 Å². The second-order valence-corrected chi connectivity index (χ2v) is 6.68. The monoisotopic (exact) mass is 319 g/mol. The van der Waals surface area contributed by atoms with E-state index in [9.17, 15) is 0 Å². The SMILES string of the molecule is C[C@@H](NC(c1ccc(Cl)cc1)C1CC1)c1ccc(Cl)cc1. The minimum absolute atomic E-state index is 0.295. The predicted octanol–water partition coefficient (Wildman–Crippen LogP) is 5.80. The summed E-state index contributed by atoms with van der Waals surface area (Å²) < 4.78 is 0. The quantitative estimate of drug-likeness (QED) is 0.734. The highest BCUT2D eigenvalue weighted by molar-refractivity contribution is 6.30. The van der Waals surface area contributed by atoms with Gasteiger partial charge in [-0.05, 0) is 61.1 Å². The van der Waals surface area contributed by atoms with Gasteiger partial charge in [0.05, 0.1) is 0 Å². The van der Waals surface area contributed by atoms with Crippen LogP contribution in [0.1, 0.15) is 43.0 Å². The van der Waals surface area contributed by atoms with E-state index in [0.29, 0.717) is 12.1 Å². The zero-order valence-electron chi connectivity index (χ0n) is 12.0. The lowest BCUT2D eigenvalue weighted by molar-refractivity contribution is 0.427. The van der Waals surface area contributed by atoms with Crippen LogP contribution >= 0.6 is 23.2 Å². The number of hydrogen-bond acceptors (Lipinski definition) is 1. The Labute approximate surface area is 136 Å². The van der Waals surface area contributed by atoms with Crippen LogP contribution in [0.3, 0.4) is 0 Å². The third kappa shape index (κ3) is 3.79. The average molecular weight is 320 g/mol. The average Bonchev–Trinajstić information content (AvgIpc) is 3.31. The summed E-state index contributed by atoms with van der Waals surface area (Å²) in [5.74, 6) is 0.737. The summed E-state index contributed by atoms with van der Waals surface area (Å²) in [6.45, 7) is 2.20. The lowest BCUT2D eigenvalue weighted by Crippen LogP contribution is -2.26. The van der Waals surface area contributed by atoms with Crippen LogP contribution in [0, 0.1) is 5.92 Å². The van der Waals surface area contributed by atoms with Crippen molar-refractivity contribution >= 4 is 23.2 Å². The van der Waals surface area contributed by atoms with Crippen LogP contribution in [-0.4, -0.2) is 0 Å². The van der Waals surface area contributed by atoms with E-state index in [1.54, 1.807) is 0 Å².